The summed E-state index contributed by atoms with van der Waals surface area (Å²) >= 11 is 5.90. The number of carbonyl (C=O) groups excluding carboxylic acids is 1. The molecular weight excluding hydrogens is 380 g/mol. The maximum absolute atomic E-state index is 12.9. The van der Waals surface area contributed by atoms with Crippen molar-refractivity contribution in [3.63, 3.8) is 0 Å². The van der Waals surface area contributed by atoms with Gasteiger partial charge in [-0.2, -0.15) is 10.1 Å². The molecule has 1 amide bonds. The first-order valence-electron chi connectivity index (χ1n) is 8.39. The van der Waals surface area contributed by atoms with Crippen LogP contribution >= 0.6 is 11.6 Å². The van der Waals surface area contributed by atoms with Crippen LogP contribution in [0.25, 0.3) is 6.08 Å². The van der Waals surface area contributed by atoms with Crippen molar-refractivity contribution in [3.8, 4) is 5.75 Å². The number of rotatable bonds is 6. The number of amides is 1. The first kappa shape index (κ1) is 19.4. The topological polar surface area (TPSA) is 79.2 Å². The van der Waals surface area contributed by atoms with Gasteiger partial charge in [0, 0.05) is 0 Å². The van der Waals surface area contributed by atoms with E-state index in [4.69, 9.17) is 16.3 Å². The highest BCUT2D eigenvalue weighted by Crippen LogP contribution is 2.29. The van der Waals surface area contributed by atoms with E-state index in [1.165, 1.54) is 17.1 Å². The van der Waals surface area contributed by atoms with Gasteiger partial charge in [0.2, 0.25) is 0 Å². The zero-order valence-electron chi connectivity index (χ0n) is 15.1. The van der Waals surface area contributed by atoms with E-state index in [0.29, 0.717) is 29.3 Å². The summed E-state index contributed by atoms with van der Waals surface area (Å²) in [6, 6.07) is 11.6. The highest BCUT2D eigenvalue weighted by Gasteiger charge is 2.29. The Bertz CT molecular complexity index is 1030. The van der Waals surface area contributed by atoms with Crippen molar-refractivity contribution < 1.29 is 19.4 Å². The Labute approximate surface area is 167 Å². The molecule has 0 aliphatic carbocycles. The third-order valence-corrected chi connectivity index (χ3v) is 4.35. The maximum Gasteiger partial charge on any atom is 0.337 e. The fraction of sp³-hybridized carbons (Fsp3) is 0.0952. The van der Waals surface area contributed by atoms with Crippen LogP contribution in [-0.2, 0) is 4.79 Å². The van der Waals surface area contributed by atoms with Crippen LogP contribution < -0.4 is 9.75 Å². The number of carboxylic acids is 1. The minimum absolute atomic E-state index is 0.0932. The van der Waals surface area contributed by atoms with Crippen LogP contribution in [0.4, 0.5) is 5.69 Å². The Morgan fingerprint density at radius 3 is 2.82 bits per heavy atom. The Morgan fingerprint density at radius 1 is 1.32 bits per heavy atom. The number of hydrogen-bond donors (Lipinski definition) is 1. The summed E-state index contributed by atoms with van der Waals surface area (Å²) in [5.74, 6) is -0.866. The molecule has 7 heteroatoms. The van der Waals surface area contributed by atoms with Gasteiger partial charge in [-0.05, 0) is 48.9 Å². The van der Waals surface area contributed by atoms with Crippen molar-refractivity contribution in [1.29, 1.82) is 0 Å². The molecule has 0 bridgehead atoms. The van der Waals surface area contributed by atoms with Gasteiger partial charge in [0.25, 0.3) is 5.91 Å². The van der Waals surface area contributed by atoms with Gasteiger partial charge < -0.3 is 9.84 Å². The van der Waals surface area contributed by atoms with Crippen molar-refractivity contribution in [2.45, 2.75) is 6.92 Å². The number of hydrazone groups is 1. The summed E-state index contributed by atoms with van der Waals surface area (Å²) < 4.78 is 5.51. The normalized spacial score (nSPS) is 14.9. The SMILES string of the molecule is C=CCOc1cccc(/C=C2\C(=O)N(c3ccc(Cl)c(C(=O)O)c3)N=C2C)c1. The van der Waals surface area contributed by atoms with E-state index in [1.807, 2.05) is 24.3 Å². The molecule has 1 N–H and O–H groups in total. The largest absolute Gasteiger partial charge is 0.490 e. The van der Waals surface area contributed by atoms with Crippen LogP contribution in [0, 0.1) is 0 Å². The Kier molecular flexibility index (Phi) is 5.61. The second-order valence-electron chi connectivity index (χ2n) is 6.00. The van der Waals surface area contributed by atoms with Crippen LogP contribution in [0.5, 0.6) is 5.75 Å². The lowest BCUT2D eigenvalue weighted by atomic mass is 10.1. The number of carboxylic acid groups (broad SMARTS) is 1. The summed E-state index contributed by atoms with van der Waals surface area (Å²) in [5, 5.41) is 14.8. The van der Waals surface area contributed by atoms with Gasteiger partial charge in [0.15, 0.2) is 0 Å². The van der Waals surface area contributed by atoms with Gasteiger partial charge in [-0.1, -0.05) is 36.4 Å². The zero-order chi connectivity index (χ0) is 20.3. The molecule has 6 nitrogen and oxygen atoms in total. The number of hydrogen-bond acceptors (Lipinski definition) is 4. The molecule has 0 saturated heterocycles. The minimum atomic E-state index is -1.17. The van der Waals surface area contributed by atoms with Crippen molar-refractivity contribution in [2.24, 2.45) is 5.10 Å². The lowest BCUT2D eigenvalue weighted by Crippen LogP contribution is -2.21. The van der Waals surface area contributed by atoms with Crippen LogP contribution in [-0.4, -0.2) is 29.3 Å². The zero-order valence-corrected chi connectivity index (χ0v) is 15.8. The van der Waals surface area contributed by atoms with Gasteiger partial charge in [-0.25, -0.2) is 4.79 Å². The second kappa shape index (κ2) is 8.10. The van der Waals surface area contributed by atoms with E-state index in [0.717, 1.165) is 5.56 Å². The third-order valence-electron chi connectivity index (χ3n) is 4.02. The number of carbonyl (C=O) groups is 2. The Hall–Kier alpha value is -3.38. The Morgan fingerprint density at radius 2 is 2.11 bits per heavy atom. The molecule has 3 rings (SSSR count). The average molecular weight is 397 g/mol. The quantitative estimate of drug-likeness (QED) is 0.579. The van der Waals surface area contributed by atoms with Crippen molar-refractivity contribution >= 4 is 41.0 Å². The smallest absolute Gasteiger partial charge is 0.337 e. The number of anilines is 1. The van der Waals surface area contributed by atoms with Crippen LogP contribution in [0.3, 0.4) is 0 Å². The van der Waals surface area contributed by atoms with E-state index in [-0.39, 0.29) is 16.5 Å². The van der Waals surface area contributed by atoms with Crippen LogP contribution in [0.15, 0.2) is 65.8 Å². The monoisotopic (exact) mass is 396 g/mol. The summed E-state index contributed by atoms with van der Waals surface area (Å²) in [4.78, 5) is 24.2. The molecule has 2 aromatic rings. The third kappa shape index (κ3) is 3.97. The molecular formula is C21H17ClN2O4. The summed E-state index contributed by atoms with van der Waals surface area (Å²) in [6.07, 6.45) is 3.37. The molecule has 142 valence electrons. The average Bonchev–Trinajstić information content (AvgIpc) is 2.95. The molecule has 1 aliphatic rings. The molecule has 0 atom stereocenters. The predicted molar refractivity (Wildman–Crippen MR) is 109 cm³/mol. The number of aromatic carboxylic acids is 1. The lowest BCUT2D eigenvalue weighted by Gasteiger charge is -2.13. The predicted octanol–water partition coefficient (Wildman–Crippen LogP) is 4.41. The van der Waals surface area contributed by atoms with E-state index in [9.17, 15) is 14.7 Å². The molecule has 0 fully saturated rings. The minimum Gasteiger partial charge on any atom is -0.490 e. The molecule has 2 aromatic carbocycles. The summed E-state index contributed by atoms with van der Waals surface area (Å²) in [6.45, 7) is 5.72. The molecule has 0 unspecified atom stereocenters. The van der Waals surface area contributed by atoms with Crippen LogP contribution in [0.2, 0.25) is 5.02 Å². The molecule has 0 spiro atoms. The van der Waals surface area contributed by atoms with Crippen LogP contribution in [0.1, 0.15) is 22.8 Å². The van der Waals surface area contributed by atoms with E-state index in [2.05, 4.69) is 11.7 Å². The summed E-state index contributed by atoms with van der Waals surface area (Å²) in [7, 11) is 0. The fourth-order valence-electron chi connectivity index (χ4n) is 2.68. The van der Waals surface area contributed by atoms with Gasteiger partial charge >= 0.3 is 5.97 Å². The highest BCUT2D eigenvalue weighted by molar-refractivity contribution is 6.34. The van der Waals surface area contributed by atoms with E-state index in [1.54, 1.807) is 25.1 Å². The molecule has 28 heavy (non-hydrogen) atoms. The molecule has 1 heterocycles. The number of ether oxygens (including phenoxy) is 1. The number of halogens is 1. The maximum atomic E-state index is 12.9. The van der Waals surface area contributed by atoms with Gasteiger partial charge in [0.1, 0.15) is 12.4 Å². The molecule has 0 aromatic heterocycles. The van der Waals surface area contributed by atoms with Crippen molar-refractivity contribution in [3.05, 3.63) is 76.8 Å². The number of nitrogens with zero attached hydrogens (tertiary/aromatic N) is 2. The summed E-state index contributed by atoms with van der Waals surface area (Å²) in [5.41, 5.74) is 1.95. The van der Waals surface area contributed by atoms with Crippen molar-refractivity contribution in [1.82, 2.24) is 0 Å². The second-order valence-corrected chi connectivity index (χ2v) is 6.41. The van der Waals surface area contributed by atoms with E-state index >= 15 is 0 Å². The molecule has 0 radical (unpaired) electrons. The first-order valence-corrected chi connectivity index (χ1v) is 8.77. The lowest BCUT2D eigenvalue weighted by molar-refractivity contribution is -0.114. The van der Waals surface area contributed by atoms with Gasteiger partial charge in [-0.3, -0.25) is 4.79 Å². The first-order chi connectivity index (χ1) is 13.4. The van der Waals surface area contributed by atoms with Gasteiger partial charge in [-0.15, -0.1) is 0 Å². The Balaban J connectivity index is 1.91. The van der Waals surface area contributed by atoms with Crippen molar-refractivity contribution in [2.75, 3.05) is 11.6 Å². The standard InChI is InChI=1S/C21H17ClN2O4/c1-3-9-28-16-6-4-5-14(10-16)11-17-13(2)23-24(20(17)25)15-7-8-19(22)18(12-15)21(26)27/h3-8,10-12H,1,9H2,2H3,(H,26,27)/b17-11-. The van der Waals surface area contributed by atoms with Gasteiger partial charge in [0.05, 0.1) is 27.6 Å². The number of benzene rings is 2. The molecule has 1 aliphatic heterocycles. The highest BCUT2D eigenvalue weighted by atomic mass is 35.5. The van der Waals surface area contributed by atoms with E-state index < -0.39 is 5.97 Å². The fourth-order valence-corrected chi connectivity index (χ4v) is 2.88. The molecule has 0 saturated carbocycles.